The topological polar surface area (TPSA) is 143 Å². The number of unbranched alkanes of at least 4 members (excludes halogenated alkanes) is 1. The van der Waals surface area contributed by atoms with Gasteiger partial charge >= 0.3 is 11.7 Å². The van der Waals surface area contributed by atoms with Crippen LogP contribution in [0.2, 0.25) is 0 Å². The van der Waals surface area contributed by atoms with E-state index in [9.17, 15) is 9.59 Å². The van der Waals surface area contributed by atoms with Crippen LogP contribution in [0.4, 0.5) is 5.82 Å². The second kappa shape index (κ2) is 13.3. The van der Waals surface area contributed by atoms with E-state index in [0.29, 0.717) is 30.2 Å². The number of fused-ring (bicyclic) bond motifs is 1. The number of imidazole rings is 1. The Labute approximate surface area is 235 Å². The minimum Gasteiger partial charge on any atom is -0.463 e. The molecule has 0 saturated carbocycles. The third-order valence-electron chi connectivity index (χ3n) is 7.87. The van der Waals surface area contributed by atoms with Crippen LogP contribution in [0.5, 0.6) is 6.01 Å². The van der Waals surface area contributed by atoms with Gasteiger partial charge in [0.15, 0.2) is 11.5 Å². The molecule has 1 aliphatic heterocycles. The first-order valence-electron chi connectivity index (χ1n) is 14.4. The summed E-state index contributed by atoms with van der Waals surface area (Å²) in [5.74, 6) is 0.888. The summed E-state index contributed by atoms with van der Waals surface area (Å²) in [5.41, 5.74) is 8.37. The molecule has 0 aliphatic carbocycles. The van der Waals surface area contributed by atoms with Crippen molar-refractivity contribution in [1.29, 1.82) is 0 Å². The molecule has 1 amide bonds. The maximum absolute atomic E-state index is 12.7. The number of nitrogen functional groups attached to an aromatic ring is 1. The number of likely N-dealkylation sites (tertiary alicyclic amines) is 1. The number of H-pyrrole nitrogens is 1. The Morgan fingerprint density at radius 1 is 1.15 bits per heavy atom. The van der Waals surface area contributed by atoms with Crippen LogP contribution >= 0.6 is 0 Å². The highest BCUT2D eigenvalue weighted by atomic mass is 16.5. The molecule has 40 heavy (non-hydrogen) atoms. The van der Waals surface area contributed by atoms with Crippen LogP contribution < -0.4 is 26.8 Å². The van der Waals surface area contributed by atoms with Crippen molar-refractivity contribution >= 4 is 22.9 Å². The number of hydrogen-bond acceptors (Lipinski definition) is 8. The monoisotopic (exact) mass is 552 g/mol. The lowest BCUT2D eigenvalue weighted by molar-refractivity contribution is -0.126. The number of rotatable bonds is 13. The van der Waals surface area contributed by atoms with Gasteiger partial charge in [-0.25, -0.2) is 4.79 Å². The SMILES string of the molecule is CCCCOc1nc(N)c2[nH]c(=O)n(Cc3ccc(CN4CCC(CCNC(=O)C(C)(C)NC)CC4)cc3)c2n1. The van der Waals surface area contributed by atoms with Crippen molar-refractivity contribution in [2.75, 3.05) is 39.0 Å². The molecule has 3 aromatic rings. The van der Waals surface area contributed by atoms with E-state index in [2.05, 4.69) is 61.7 Å². The molecule has 2 aromatic heterocycles. The summed E-state index contributed by atoms with van der Waals surface area (Å²) in [6.07, 6.45) is 5.19. The predicted molar refractivity (Wildman–Crippen MR) is 157 cm³/mol. The van der Waals surface area contributed by atoms with Crippen molar-refractivity contribution in [1.82, 2.24) is 35.1 Å². The van der Waals surface area contributed by atoms with Crippen LogP contribution in [0.25, 0.3) is 11.2 Å². The number of likely N-dealkylation sites (N-methyl/N-ethyl adjacent to an activating group) is 1. The van der Waals surface area contributed by atoms with Gasteiger partial charge < -0.3 is 26.1 Å². The van der Waals surface area contributed by atoms with Crippen LogP contribution in [-0.4, -0.2) is 69.2 Å². The fourth-order valence-corrected chi connectivity index (χ4v) is 4.90. The quantitative estimate of drug-likeness (QED) is 0.237. The summed E-state index contributed by atoms with van der Waals surface area (Å²) in [7, 11) is 1.81. The molecule has 3 heterocycles. The molecular weight excluding hydrogens is 508 g/mol. The number of carbonyl (C=O) groups is 1. The molecular formula is C29H44N8O3. The zero-order valence-corrected chi connectivity index (χ0v) is 24.3. The molecule has 1 saturated heterocycles. The Balaban J connectivity index is 1.29. The molecule has 1 fully saturated rings. The van der Waals surface area contributed by atoms with E-state index in [4.69, 9.17) is 10.5 Å². The van der Waals surface area contributed by atoms with E-state index in [1.165, 1.54) is 5.56 Å². The maximum Gasteiger partial charge on any atom is 0.328 e. The number of ether oxygens (including phenoxy) is 1. The van der Waals surface area contributed by atoms with E-state index >= 15 is 0 Å². The normalized spacial score (nSPS) is 15.0. The fraction of sp³-hybridized carbons (Fsp3) is 0.586. The number of aromatic amines is 1. The Morgan fingerprint density at radius 2 is 1.82 bits per heavy atom. The second-order valence-electron chi connectivity index (χ2n) is 11.3. The second-order valence-corrected chi connectivity index (χ2v) is 11.3. The number of carbonyl (C=O) groups excluding carboxylic acids is 1. The molecule has 0 radical (unpaired) electrons. The predicted octanol–water partition coefficient (Wildman–Crippen LogP) is 2.65. The highest BCUT2D eigenvalue weighted by Gasteiger charge is 2.25. The number of anilines is 1. The molecule has 1 aliphatic rings. The third kappa shape index (κ3) is 7.39. The minimum absolute atomic E-state index is 0.0454. The average Bonchev–Trinajstić information content (AvgIpc) is 3.26. The molecule has 11 heteroatoms. The molecule has 11 nitrogen and oxygen atoms in total. The van der Waals surface area contributed by atoms with Gasteiger partial charge in [-0.15, -0.1) is 0 Å². The van der Waals surface area contributed by atoms with Crippen LogP contribution in [0.15, 0.2) is 29.1 Å². The average molecular weight is 553 g/mol. The summed E-state index contributed by atoms with van der Waals surface area (Å²) >= 11 is 0. The van der Waals surface area contributed by atoms with Gasteiger partial charge in [-0.3, -0.25) is 14.3 Å². The first-order chi connectivity index (χ1) is 19.2. The zero-order valence-electron chi connectivity index (χ0n) is 24.3. The van der Waals surface area contributed by atoms with Gasteiger partial charge in [0.25, 0.3) is 0 Å². The Hall–Kier alpha value is -3.44. The summed E-state index contributed by atoms with van der Waals surface area (Å²) in [5, 5.41) is 6.11. The zero-order chi connectivity index (χ0) is 28.7. The number of aromatic nitrogens is 4. The van der Waals surface area contributed by atoms with Gasteiger partial charge in [0, 0.05) is 13.1 Å². The number of benzene rings is 1. The van der Waals surface area contributed by atoms with Crippen molar-refractivity contribution in [3.8, 4) is 6.01 Å². The smallest absolute Gasteiger partial charge is 0.328 e. The lowest BCUT2D eigenvalue weighted by atomic mass is 9.93. The molecule has 1 aromatic carbocycles. The molecule has 0 unspecified atom stereocenters. The molecule has 0 bridgehead atoms. The number of nitrogens with two attached hydrogens (primary N) is 1. The first kappa shape index (κ1) is 29.5. The number of amides is 1. The fourth-order valence-electron chi connectivity index (χ4n) is 4.90. The van der Waals surface area contributed by atoms with Gasteiger partial charge in [0.1, 0.15) is 5.52 Å². The number of hydrogen-bond donors (Lipinski definition) is 4. The van der Waals surface area contributed by atoms with E-state index in [1.807, 2.05) is 13.8 Å². The van der Waals surface area contributed by atoms with Crippen molar-refractivity contribution in [2.24, 2.45) is 5.92 Å². The third-order valence-corrected chi connectivity index (χ3v) is 7.87. The number of piperidine rings is 1. The summed E-state index contributed by atoms with van der Waals surface area (Å²) < 4.78 is 7.21. The molecule has 0 spiro atoms. The minimum atomic E-state index is -0.543. The number of nitrogens with zero attached hydrogens (tertiary/aromatic N) is 4. The Kier molecular flexibility index (Phi) is 9.80. The summed E-state index contributed by atoms with van der Waals surface area (Å²) in [6.45, 7) is 10.5. The molecule has 218 valence electrons. The van der Waals surface area contributed by atoms with Crippen LogP contribution in [-0.2, 0) is 17.9 Å². The van der Waals surface area contributed by atoms with Crippen LogP contribution in [0.1, 0.15) is 64.0 Å². The Bertz CT molecular complexity index is 1320. The largest absolute Gasteiger partial charge is 0.463 e. The van der Waals surface area contributed by atoms with Crippen LogP contribution in [0, 0.1) is 5.92 Å². The maximum atomic E-state index is 12.7. The number of nitrogens with one attached hydrogen (secondary N) is 3. The van der Waals surface area contributed by atoms with Gasteiger partial charge in [-0.2, -0.15) is 9.97 Å². The highest BCUT2D eigenvalue weighted by Crippen LogP contribution is 2.22. The first-order valence-corrected chi connectivity index (χ1v) is 14.4. The van der Waals surface area contributed by atoms with E-state index in [-0.39, 0.29) is 23.4 Å². The van der Waals surface area contributed by atoms with Gasteiger partial charge in [-0.1, -0.05) is 37.6 Å². The van der Waals surface area contributed by atoms with E-state index in [0.717, 1.165) is 63.8 Å². The Morgan fingerprint density at radius 3 is 2.48 bits per heavy atom. The van der Waals surface area contributed by atoms with Crippen LogP contribution in [0.3, 0.4) is 0 Å². The van der Waals surface area contributed by atoms with Gasteiger partial charge in [0.2, 0.25) is 5.91 Å². The molecule has 0 atom stereocenters. The van der Waals surface area contributed by atoms with E-state index < -0.39 is 5.54 Å². The molecule has 5 N–H and O–H groups in total. The van der Waals surface area contributed by atoms with Crippen molar-refractivity contribution < 1.29 is 9.53 Å². The summed E-state index contributed by atoms with van der Waals surface area (Å²) in [6, 6.07) is 8.57. The van der Waals surface area contributed by atoms with Crippen molar-refractivity contribution in [3.63, 3.8) is 0 Å². The van der Waals surface area contributed by atoms with Gasteiger partial charge in [0.05, 0.1) is 18.7 Å². The lowest BCUT2D eigenvalue weighted by Crippen LogP contribution is -2.51. The summed E-state index contributed by atoms with van der Waals surface area (Å²) in [4.78, 5) is 38.8. The highest BCUT2D eigenvalue weighted by molar-refractivity contribution is 5.85. The van der Waals surface area contributed by atoms with Crippen molar-refractivity contribution in [2.45, 2.75) is 71.5 Å². The van der Waals surface area contributed by atoms with Crippen molar-refractivity contribution in [3.05, 3.63) is 45.9 Å². The lowest BCUT2D eigenvalue weighted by Gasteiger charge is -2.32. The standard InChI is InChI=1S/C29H44N8O3/c1-5-6-17-40-27-34-24(30)23-25(35-27)37(28(39)33-23)19-22-9-7-21(8-10-22)18-36-15-12-20(13-16-36)11-14-32-26(38)29(2,3)31-4/h7-10,20,31H,5-6,11-19H2,1-4H3,(H,32,38)(H,33,39)(H2,30,34,35). The van der Waals surface area contributed by atoms with E-state index in [1.54, 1.807) is 11.6 Å². The molecule has 4 rings (SSSR count). The van der Waals surface area contributed by atoms with Gasteiger partial charge in [-0.05, 0) is 76.7 Å².